The Morgan fingerprint density at radius 3 is 2.70 bits per heavy atom. The highest BCUT2D eigenvalue weighted by Gasteiger charge is 2.58. The lowest BCUT2D eigenvalue weighted by Crippen LogP contribution is -2.61. The van der Waals surface area contributed by atoms with E-state index in [1.54, 1.807) is 18.6 Å². The van der Waals surface area contributed by atoms with E-state index in [1.807, 2.05) is 36.4 Å². The fourth-order valence-electron chi connectivity index (χ4n) is 6.10. The largest absolute Gasteiger partial charge is 0.461 e. The lowest BCUT2D eigenvalue weighted by atomic mass is 9.58. The van der Waals surface area contributed by atoms with Crippen LogP contribution in [0.1, 0.15) is 50.5 Å². The molecule has 1 spiro atoms. The van der Waals surface area contributed by atoms with Gasteiger partial charge in [0, 0.05) is 48.4 Å². The van der Waals surface area contributed by atoms with Crippen molar-refractivity contribution in [3.8, 4) is 0 Å². The molecule has 0 amide bonds. The van der Waals surface area contributed by atoms with Crippen LogP contribution in [0.2, 0.25) is 0 Å². The first-order chi connectivity index (χ1) is 19.5. The van der Waals surface area contributed by atoms with Gasteiger partial charge in [-0.1, -0.05) is 47.3 Å². The maximum Gasteiger partial charge on any atom is 0.331 e. The van der Waals surface area contributed by atoms with Crippen molar-refractivity contribution in [2.45, 2.75) is 68.3 Å². The normalized spacial score (nSPS) is 23.7. The van der Waals surface area contributed by atoms with Gasteiger partial charge in [-0.05, 0) is 60.9 Å². The quantitative estimate of drug-likeness (QED) is 0.258. The number of fused-ring (bicyclic) bond motifs is 1. The van der Waals surface area contributed by atoms with E-state index in [2.05, 4.69) is 31.2 Å². The van der Waals surface area contributed by atoms with Crippen molar-refractivity contribution in [3.05, 3.63) is 60.6 Å². The Morgan fingerprint density at radius 1 is 1.12 bits per heavy atom. The summed E-state index contributed by atoms with van der Waals surface area (Å²) in [5, 5.41) is 5.37. The fraction of sp³-hybridized carbons (Fsp3) is 0.452. The number of Topliss-reactive ketones (excluding diaryl/α,β-unsaturated/α-hetero) is 1. The highest BCUT2D eigenvalue weighted by atomic mass is 79.9. The van der Waals surface area contributed by atoms with Crippen LogP contribution in [-0.2, 0) is 25.5 Å². The lowest BCUT2D eigenvalue weighted by molar-refractivity contribution is -0.148. The minimum absolute atomic E-state index is 0.0561. The van der Waals surface area contributed by atoms with Crippen molar-refractivity contribution in [2.75, 3.05) is 18.5 Å². The number of aromatic nitrogens is 2. The van der Waals surface area contributed by atoms with Crippen LogP contribution in [0, 0.1) is 5.41 Å². The van der Waals surface area contributed by atoms with Crippen LogP contribution < -0.4 is 5.32 Å². The number of carbonyl (C=O) groups excluding carboxylic acids is 2. The zero-order valence-electron chi connectivity index (χ0n) is 22.4. The van der Waals surface area contributed by atoms with E-state index in [-0.39, 0.29) is 24.5 Å². The minimum Gasteiger partial charge on any atom is -0.461 e. The van der Waals surface area contributed by atoms with Crippen LogP contribution >= 0.6 is 15.9 Å². The Balaban J connectivity index is 1.21. The van der Waals surface area contributed by atoms with Crippen LogP contribution in [0.15, 0.2) is 60.0 Å². The molecule has 0 bridgehead atoms. The predicted octanol–water partition coefficient (Wildman–Crippen LogP) is 5.74. The minimum atomic E-state index is -0.729. The number of rotatable bonds is 8. The molecule has 1 N–H and O–H groups in total. The number of nitrogens with zero attached hydrogens (tertiary/aromatic N) is 3. The van der Waals surface area contributed by atoms with Gasteiger partial charge in [0.2, 0.25) is 0 Å². The van der Waals surface area contributed by atoms with Gasteiger partial charge in [0.05, 0.1) is 11.5 Å². The van der Waals surface area contributed by atoms with Gasteiger partial charge >= 0.3 is 5.97 Å². The Hall–Kier alpha value is -3.17. The van der Waals surface area contributed by atoms with Crippen molar-refractivity contribution >= 4 is 55.7 Å². The number of alkyl halides is 1. The van der Waals surface area contributed by atoms with Gasteiger partial charge in [0.1, 0.15) is 17.3 Å². The van der Waals surface area contributed by atoms with E-state index in [1.165, 1.54) is 0 Å². The predicted molar refractivity (Wildman–Crippen MR) is 157 cm³/mol. The molecule has 3 aromatic rings. The number of pyridine rings is 2. The number of carbonyl (C=O) groups is 2. The molecule has 3 heterocycles. The van der Waals surface area contributed by atoms with E-state index in [9.17, 15) is 9.59 Å². The van der Waals surface area contributed by atoms with Crippen LogP contribution in [0.3, 0.4) is 0 Å². The summed E-state index contributed by atoms with van der Waals surface area (Å²) in [6.07, 6.45) is 12.3. The van der Waals surface area contributed by atoms with E-state index in [4.69, 9.17) is 14.5 Å². The zero-order chi connectivity index (χ0) is 27.5. The van der Waals surface area contributed by atoms with E-state index < -0.39 is 16.3 Å². The number of hydrogen-bond donors (Lipinski definition) is 1. The van der Waals surface area contributed by atoms with E-state index >= 15 is 0 Å². The fourth-order valence-corrected chi connectivity index (χ4v) is 7.09. The Kier molecular flexibility index (Phi) is 7.94. The first-order valence-corrected chi connectivity index (χ1v) is 15.0. The summed E-state index contributed by atoms with van der Waals surface area (Å²) in [5.41, 5.74) is 2.12. The Labute approximate surface area is 242 Å². The third-order valence-electron chi connectivity index (χ3n) is 8.36. The second kappa shape index (κ2) is 11.7. The van der Waals surface area contributed by atoms with Crippen molar-refractivity contribution in [1.29, 1.82) is 0 Å². The first-order valence-electron chi connectivity index (χ1n) is 14.1. The van der Waals surface area contributed by atoms with Crippen LogP contribution in [0.25, 0.3) is 10.8 Å². The number of aliphatic imine (C=N–C) groups is 1. The first kappa shape index (κ1) is 27.0. The van der Waals surface area contributed by atoms with Crippen molar-refractivity contribution in [2.24, 2.45) is 10.4 Å². The van der Waals surface area contributed by atoms with Gasteiger partial charge in [-0.25, -0.2) is 9.78 Å². The molecular weight excluding hydrogens is 572 g/mol. The number of anilines is 2. The number of ether oxygens (including phenoxy) is 2. The summed E-state index contributed by atoms with van der Waals surface area (Å²) in [5.74, 6) is 0.559. The molecule has 1 aliphatic heterocycles. The molecule has 2 aromatic heterocycles. The molecule has 3 atom stereocenters. The van der Waals surface area contributed by atoms with E-state index in [0.29, 0.717) is 13.0 Å². The third kappa shape index (κ3) is 5.41. The Bertz CT molecular complexity index is 1410. The highest BCUT2D eigenvalue weighted by molar-refractivity contribution is 9.10. The van der Waals surface area contributed by atoms with Crippen molar-refractivity contribution < 1.29 is 19.1 Å². The number of halogens is 1. The zero-order valence-corrected chi connectivity index (χ0v) is 23.9. The summed E-state index contributed by atoms with van der Waals surface area (Å²) in [4.78, 5) is 39.6. The van der Waals surface area contributed by atoms with Crippen molar-refractivity contribution in [3.63, 3.8) is 0 Å². The lowest BCUT2D eigenvalue weighted by Gasteiger charge is -2.48. The maximum atomic E-state index is 13.4. The molecule has 3 aliphatic rings. The molecule has 1 aromatic carbocycles. The van der Waals surface area contributed by atoms with Gasteiger partial charge in [-0.15, -0.1) is 0 Å². The van der Waals surface area contributed by atoms with Gasteiger partial charge in [-0.2, -0.15) is 0 Å². The third-order valence-corrected chi connectivity index (χ3v) is 9.20. The van der Waals surface area contributed by atoms with Crippen molar-refractivity contribution in [1.82, 2.24) is 9.97 Å². The molecule has 40 heavy (non-hydrogen) atoms. The summed E-state index contributed by atoms with van der Waals surface area (Å²) in [6.45, 7) is 0.937. The summed E-state index contributed by atoms with van der Waals surface area (Å²) in [7, 11) is 0. The molecule has 8 nitrogen and oxygen atoms in total. The molecule has 6 rings (SSSR count). The van der Waals surface area contributed by atoms with Crippen LogP contribution in [-0.4, -0.2) is 57.6 Å². The van der Waals surface area contributed by atoms with Gasteiger partial charge in [0.25, 0.3) is 0 Å². The summed E-state index contributed by atoms with van der Waals surface area (Å²) in [6, 6.07) is 11.1. The molecule has 1 saturated heterocycles. The van der Waals surface area contributed by atoms with Gasteiger partial charge < -0.3 is 14.8 Å². The summed E-state index contributed by atoms with van der Waals surface area (Å²) >= 11 is 3.55. The SMILES string of the molecule is O=C(OCC1CCCO1)[C@H](Cc1ccc(Nc2nccc3ccncc23)cc1)N=C1C(Br)C(=O)C12CCCCC2. The molecule has 3 fully saturated rings. The Morgan fingerprint density at radius 2 is 1.93 bits per heavy atom. The number of ketones is 1. The smallest absolute Gasteiger partial charge is 0.331 e. The molecule has 2 saturated carbocycles. The van der Waals surface area contributed by atoms with E-state index in [0.717, 1.165) is 78.5 Å². The second-order valence-electron chi connectivity index (χ2n) is 10.9. The molecule has 2 aliphatic carbocycles. The number of nitrogens with one attached hydrogen (secondary N) is 1. The molecule has 0 radical (unpaired) electrons. The van der Waals surface area contributed by atoms with Crippen LogP contribution in [0.5, 0.6) is 0 Å². The molecule has 2 unspecified atom stereocenters. The topological polar surface area (TPSA) is 103 Å². The maximum absolute atomic E-state index is 13.4. The second-order valence-corrected chi connectivity index (χ2v) is 11.9. The van der Waals surface area contributed by atoms with Gasteiger partial charge in [0.15, 0.2) is 11.8 Å². The highest BCUT2D eigenvalue weighted by Crippen LogP contribution is 2.49. The number of hydrogen-bond acceptors (Lipinski definition) is 8. The average Bonchev–Trinajstić information content (AvgIpc) is 3.53. The standard InChI is InChI=1S/C31H33BrN4O4/c32-26-27(31(28(26)37)12-2-1-3-13-31)36-25(30(38)40-19-23-5-4-16-39-23)17-20-6-8-22(9-7-20)35-29-24-18-33-14-10-21(24)11-15-34-29/h6-11,14-15,18,23,25-26H,1-5,12-13,16-17,19H2,(H,34,35)/t23?,25-,26?/m0/s1. The molecular formula is C31H33BrN4O4. The molecule has 9 heteroatoms. The number of esters is 1. The van der Waals surface area contributed by atoms with Gasteiger partial charge in [-0.3, -0.25) is 14.8 Å². The van der Waals surface area contributed by atoms with Crippen LogP contribution in [0.4, 0.5) is 11.5 Å². The molecule has 208 valence electrons. The number of benzene rings is 1. The monoisotopic (exact) mass is 604 g/mol. The summed E-state index contributed by atoms with van der Waals surface area (Å²) < 4.78 is 11.4. The average molecular weight is 606 g/mol.